The molecule has 0 aromatic heterocycles. The maximum atomic E-state index is 12.7. The molecule has 0 aliphatic heterocycles. The highest BCUT2D eigenvalue weighted by Gasteiger charge is 2.23. The monoisotopic (exact) mass is 551 g/mol. The van der Waals surface area contributed by atoms with Crippen molar-refractivity contribution in [1.29, 1.82) is 0 Å². The van der Waals surface area contributed by atoms with E-state index in [1.807, 2.05) is 0 Å². The molecular formula is C31H34ClNO6. The van der Waals surface area contributed by atoms with Gasteiger partial charge in [-0.05, 0) is 66.9 Å². The van der Waals surface area contributed by atoms with Crippen LogP contribution in [0, 0.1) is 6.92 Å². The van der Waals surface area contributed by atoms with E-state index in [2.05, 4.69) is 12.2 Å². The zero-order valence-corrected chi connectivity index (χ0v) is 23.0. The summed E-state index contributed by atoms with van der Waals surface area (Å²) in [6.07, 6.45) is 5.85. The molecule has 8 heteroatoms. The Morgan fingerprint density at radius 1 is 0.897 bits per heavy atom. The molecule has 0 unspecified atom stereocenters. The molecule has 0 fully saturated rings. The lowest BCUT2D eigenvalue weighted by Crippen LogP contribution is -2.42. The third-order valence-electron chi connectivity index (χ3n) is 6.23. The second-order valence-corrected chi connectivity index (χ2v) is 9.73. The zero-order valence-electron chi connectivity index (χ0n) is 22.2. The van der Waals surface area contributed by atoms with E-state index in [1.165, 1.54) is 19.3 Å². The summed E-state index contributed by atoms with van der Waals surface area (Å²) < 4.78 is 11.2. The highest BCUT2D eigenvalue weighted by Crippen LogP contribution is 2.21. The van der Waals surface area contributed by atoms with E-state index >= 15 is 0 Å². The SMILES string of the molecule is CCCCCCCOc1ccc(C(=O)Oc2ccc(C[C@H](NC(=O)c3c(C)cccc3Cl)C(=O)O)cc2)cc1. The molecule has 39 heavy (non-hydrogen) atoms. The summed E-state index contributed by atoms with van der Waals surface area (Å²) in [7, 11) is 0. The molecule has 0 spiro atoms. The fraction of sp³-hybridized carbons (Fsp3) is 0.323. The Balaban J connectivity index is 1.53. The van der Waals surface area contributed by atoms with E-state index in [1.54, 1.807) is 73.7 Å². The van der Waals surface area contributed by atoms with Crippen molar-refractivity contribution in [2.75, 3.05) is 6.61 Å². The van der Waals surface area contributed by atoms with Crippen LogP contribution in [-0.2, 0) is 11.2 Å². The van der Waals surface area contributed by atoms with E-state index in [-0.39, 0.29) is 17.0 Å². The van der Waals surface area contributed by atoms with Gasteiger partial charge in [0.15, 0.2) is 0 Å². The number of ether oxygens (including phenoxy) is 2. The van der Waals surface area contributed by atoms with Crippen molar-refractivity contribution in [2.45, 2.75) is 58.4 Å². The minimum absolute atomic E-state index is 0.0405. The predicted molar refractivity (Wildman–Crippen MR) is 151 cm³/mol. The number of hydrogen-bond donors (Lipinski definition) is 2. The van der Waals surface area contributed by atoms with Gasteiger partial charge in [-0.25, -0.2) is 9.59 Å². The molecule has 1 amide bonds. The van der Waals surface area contributed by atoms with Crippen LogP contribution >= 0.6 is 11.6 Å². The van der Waals surface area contributed by atoms with Gasteiger partial charge in [0.1, 0.15) is 17.5 Å². The highest BCUT2D eigenvalue weighted by molar-refractivity contribution is 6.34. The number of aryl methyl sites for hydroxylation is 1. The number of amides is 1. The fourth-order valence-corrected chi connectivity index (χ4v) is 4.34. The maximum absolute atomic E-state index is 12.7. The first-order valence-electron chi connectivity index (χ1n) is 13.1. The normalized spacial score (nSPS) is 11.5. The number of carbonyl (C=O) groups is 3. The molecule has 1 atom stereocenters. The summed E-state index contributed by atoms with van der Waals surface area (Å²) in [6.45, 7) is 4.56. The smallest absolute Gasteiger partial charge is 0.343 e. The number of hydrogen-bond acceptors (Lipinski definition) is 5. The molecule has 0 radical (unpaired) electrons. The number of carbonyl (C=O) groups excluding carboxylic acids is 2. The van der Waals surface area contributed by atoms with Gasteiger partial charge in [0.2, 0.25) is 0 Å². The van der Waals surface area contributed by atoms with Crippen molar-refractivity contribution >= 4 is 29.4 Å². The van der Waals surface area contributed by atoms with E-state index in [0.29, 0.717) is 34.8 Å². The van der Waals surface area contributed by atoms with Gasteiger partial charge in [-0.2, -0.15) is 0 Å². The van der Waals surface area contributed by atoms with Crippen LogP contribution in [0.4, 0.5) is 0 Å². The molecule has 2 N–H and O–H groups in total. The number of halogens is 1. The molecular weight excluding hydrogens is 518 g/mol. The van der Waals surface area contributed by atoms with Gasteiger partial charge in [0.25, 0.3) is 5.91 Å². The Hall–Kier alpha value is -3.84. The number of rotatable bonds is 14. The minimum atomic E-state index is -1.17. The van der Waals surface area contributed by atoms with Gasteiger partial charge in [0.05, 0.1) is 22.8 Å². The topological polar surface area (TPSA) is 102 Å². The number of aliphatic carboxylic acids is 1. The van der Waals surface area contributed by atoms with Crippen molar-refractivity contribution in [3.63, 3.8) is 0 Å². The fourth-order valence-electron chi connectivity index (χ4n) is 4.03. The summed E-state index contributed by atoms with van der Waals surface area (Å²) >= 11 is 6.14. The third-order valence-corrected chi connectivity index (χ3v) is 6.55. The van der Waals surface area contributed by atoms with E-state index in [4.69, 9.17) is 21.1 Å². The Morgan fingerprint density at radius 3 is 2.21 bits per heavy atom. The zero-order chi connectivity index (χ0) is 28.2. The average Bonchev–Trinajstić information content (AvgIpc) is 2.91. The average molecular weight is 552 g/mol. The second-order valence-electron chi connectivity index (χ2n) is 9.32. The molecule has 3 rings (SSSR count). The van der Waals surface area contributed by atoms with Gasteiger partial charge in [0, 0.05) is 6.42 Å². The molecule has 0 bridgehead atoms. The Labute approximate surface area is 234 Å². The molecule has 0 aliphatic rings. The molecule has 7 nitrogen and oxygen atoms in total. The first kappa shape index (κ1) is 29.7. The van der Waals surface area contributed by atoms with Crippen LogP contribution < -0.4 is 14.8 Å². The molecule has 0 heterocycles. The lowest BCUT2D eigenvalue weighted by molar-refractivity contribution is -0.139. The first-order chi connectivity index (χ1) is 18.8. The van der Waals surface area contributed by atoms with Crippen molar-refractivity contribution in [3.8, 4) is 11.5 Å². The van der Waals surface area contributed by atoms with Crippen LogP contribution in [0.5, 0.6) is 11.5 Å². The van der Waals surface area contributed by atoms with E-state index in [0.717, 1.165) is 12.8 Å². The van der Waals surface area contributed by atoms with Gasteiger partial charge in [-0.3, -0.25) is 4.79 Å². The Kier molecular flexibility index (Phi) is 11.4. The molecule has 3 aromatic rings. The summed E-state index contributed by atoms with van der Waals surface area (Å²) in [5, 5.41) is 12.4. The Morgan fingerprint density at radius 2 is 1.56 bits per heavy atom. The molecule has 0 saturated carbocycles. The molecule has 0 aliphatic carbocycles. The van der Waals surface area contributed by atoms with Crippen molar-refractivity contribution in [3.05, 3.63) is 94.0 Å². The standard InChI is InChI=1S/C31H34ClNO6/c1-3-4-5-6-7-19-38-24-17-13-23(14-18-24)31(37)39-25-15-11-22(12-16-25)20-27(30(35)36)33-29(34)28-21(2)9-8-10-26(28)32/h8-18,27H,3-7,19-20H2,1-2H3,(H,33,34)(H,35,36)/t27-/m0/s1. The van der Waals surface area contributed by atoms with Crippen molar-refractivity contribution in [2.24, 2.45) is 0 Å². The quantitative estimate of drug-likeness (QED) is 0.132. The summed E-state index contributed by atoms with van der Waals surface area (Å²) in [5.74, 6) is -1.22. The maximum Gasteiger partial charge on any atom is 0.343 e. The predicted octanol–water partition coefficient (Wildman–Crippen LogP) is 6.64. The summed E-state index contributed by atoms with van der Waals surface area (Å²) in [5.41, 5.74) is 1.93. The number of esters is 1. The first-order valence-corrected chi connectivity index (χ1v) is 13.5. The van der Waals surface area contributed by atoms with Gasteiger partial charge in [-0.15, -0.1) is 0 Å². The van der Waals surface area contributed by atoms with Crippen LogP contribution in [-0.4, -0.2) is 35.6 Å². The summed E-state index contributed by atoms with van der Waals surface area (Å²) in [6, 6.07) is 17.2. The van der Waals surface area contributed by atoms with Crippen LogP contribution in [0.3, 0.4) is 0 Å². The second kappa shape index (κ2) is 14.9. The largest absolute Gasteiger partial charge is 0.494 e. The Bertz CT molecular complexity index is 1240. The van der Waals surface area contributed by atoms with Crippen molar-refractivity contribution in [1.82, 2.24) is 5.32 Å². The number of benzene rings is 3. The number of unbranched alkanes of at least 4 members (excludes halogenated alkanes) is 4. The van der Waals surface area contributed by atoms with E-state index in [9.17, 15) is 19.5 Å². The van der Waals surface area contributed by atoms with Gasteiger partial charge >= 0.3 is 11.9 Å². The van der Waals surface area contributed by atoms with Gasteiger partial charge < -0.3 is 19.9 Å². The van der Waals surface area contributed by atoms with Crippen LogP contribution in [0.1, 0.15) is 70.9 Å². The van der Waals surface area contributed by atoms with Crippen LogP contribution in [0.2, 0.25) is 5.02 Å². The van der Waals surface area contributed by atoms with E-state index < -0.39 is 23.9 Å². The lowest BCUT2D eigenvalue weighted by Gasteiger charge is -2.16. The lowest BCUT2D eigenvalue weighted by atomic mass is 10.0. The molecule has 206 valence electrons. The molecule has 0 saturated heterocycles. The third kappa shape index (κ3) is 9.14. The van der Waals surface area contributed by atoms with Crippen molar-refractivity contribution < 1.29 is 29.0 Å². The minimum Gasteiger partial charge on any atom is -0.494 e. The number of nitrogens with one attached hydrogen (secondary N) is 1. The number of carboxylic acid groups (broad SMARTS) is 1. The highest BCUT2D eigenvalue weighted by atomic mass is 35.5. The summed E-state index contributed by atoms with van der Waals surface area (Å²) in [4.78, 5) is 37.1. The van der Waals surface area contributed by atoms with Gasteiger partial charge in [-0.1, -0.05) is 68.5 Å². The van der Waals surface area contributed by atoms with Crippen LogP contribution in [0.15, 0.2) is 66.7 Å². The number of carboxylic acids is 1. The van der Waals surface area contributed by atoms with Crippen LogP contribution in [0.25, 0.3) is 0 Å². The molecule has 3 aromatic carbocycles.